The minimum absolute atomic E-state index is 0.885. The van der Waals surface area contributed by atoms with Gasteiger partial charge in [-0.05, 0) is 37.6 Å². The highest BCUT2D eigenvalue weighted by Crippen LogP contribution is 2.32. The van der Waals surface area contributed by atoms with Crippen LogP contribution in [0.1, 0.15) is 24.2 Å². The lowest BCUT2D eigenvalue weighted by atomic mass is 10.2. The van der Waals surface area contributed by atoms with Gasteiger partial charge in [0.1, 0.15) is 16.5 Å². The molecule has 0 spiro atoms. The van der Waals surface area contributed by atoms with Crippen molar-refractivity contribution in [2.45, 2.75) is 26.7 Å². The van der Waals surface area contributed by atoms with E-state index in [1.54, 1.807) is 11.3 Å². The van der Waals surface area contributed by atoms with E-state index in [2.05, 4.69) is 27.2 Å². The van der Waals surface area contributed by atoms with E-state index in [-0.39, 0.29) is 0 Å². The molecule has 2 aromatic heterocycles. The minimum Gasteiger partial charge on any atom is -0.356 e. The van der Waals surface area contributed by atoms with Crippen LogP contribution in [0.25, 0.3) is 10.2 Å². The molecule has 0 aliphatic carbocycles. The molecular weight excluding hydrogens is 218 g/mol. The predicted molar refractivity (Wildman–Crippen MR) is 68.3 cm³/mol. The summed E-state index contributed by atoms with van der Waals surface area (Å²) in [6, 6.07) is 0. The fourth-order valence-corrected chi connectivity index (χ4v) is 3.29. The molecule has 1 aliphatic heterocycles. The smallest absolute Gasteiger partial charge is 0.141 e. The zero-order valence-electron chi connectivity index (χ0n) is 9.66. The molecule has 0 radical (unpaired) electrons. The first-order chi connectivity index (χ1) is 7.75. The van der Waals surface area contributed by atoms with Crippen LogP contribution >= 0.6 is 11.3 Å². The number of aryl methyl sites for hydroxylation is 2. The number of anilines is 1. The van der Waals surface area contributed by atoms with Crippen molar-refractivity contribution in [1.82, 2.24) is 9.97 Å². The van der Waals surface area contributed by atoms with Crippen LogP contribution in [0.3, 0.4) is 0 Å². The standard InChI is InChI=1S/C12H15N3S/c1-8-7-16-12-10(8)11(13-9(2)14-12)15-5-3-4-6-15/h7H,3-6H2,1-2H3. The summed E-state index contributed by atoms with van der Waals surface area (Å²) < 4.78 is 0. The van der Waals surface area contributed by atoms with Crippen LogP contribution in [-0.2, 0) is 0 Å². The summed E-state index contributed by atoms with van der Waals surface area (Å²) >= 11 is 1.72. The molecule has 0 N–H and O–H groups in total. The Morgan fingerprint density at radius 1 is 1.19 bits per heavy atom. The quantitative estimate of drug-likeness (QED) is 0.758. The number of aromatic nitrogens is 2. The zero-order chi connectivity index (χ0) is 11.1. The number of rotatable bonds is 1. The first kappa shape index (κ1) is 10.0. The van der Waals surface area contributed by atoms with Crippen molar-refractivity contribution in [2.24, 2.45) is 0 Å². The van der Waals surface area contributed by atoms with E-state index in [4.69, 9.17) is 0 Å². The number of thiophene rings is 1. The maximum Gasteiger partial charge on any atom is 0.141 e. The first-order valence-corrected chi connectivity index (χ1v) is 6.61. The Morgan fingerprint density at radius 2 is 1.94 bits per heavy atom. The van der Waals surface area contributed by atoms with Crippen LogP contribution in [0.5, 0.6) is 0 Å². The summed E-state index contributed by atoms with van der Waals surface area (Å²) in [6.45, 7) is 6.41. The molecule has 0 atom stereocenters. The highest BCUT2D eigenvalue weighted by atomic mass is 32.1. The fourth-order valence-electron chi connectivity index (χ4n) is 2.32. The summed E-state index contributed by atoms with van der Waals surface area (Å²) in [6.07, 6.45) is 2.57. The highest BCUT2D eigenvalue weighted by molar-refractivity contribution is 7.17. The minimum atomic E-state index is 0.885. The number of hydrogen-bond donors (Lipinski definition) is 0. The van der Waals surface area contributed by atoms with Gasteiger partial charge in [-0.1, -0.05) is 0 Å². The zero-order valence-corrected chi connectivity index (χ0v) is 10.5. The molecule has 0 saturated carbocycles. The van der Waals surface area contributed by atoms with E-state index in [1.807, 2.05) is 6.92 Å². The Hall–Kier alpha value is -1.16. The van der Waals surface area contributed by atoms with Crippen LogP contribution in [-0.4, -0.2) is 23.1 Å². The van der Waals surface area contributed by atoms with Crippen molar-refractivity contribution in [2.75, 3.05) is 18.0 Å². The summed E-state index contributed by atoms with van der Waals surface area (Å²) in [5, 5.41) is 3.44. The number of nitrogens with zero attached hydrogens (tertiary/aromatic N) is 3. The monoisotopic (exact) mass is 233 g/mol. The Bertz CT molecular complexity index is 526. The van der Waals surface area contributed by atoms with E-state index < -0.39 is 0 Å². The van der Waals surface area contributed by atoms with Crippen LogP contribution in [0.4, 0.5) is 5.82 Å². The second kappa shape index (κ2) is 3.70. The molecule has 0 amide bonds. The average molecular weight is 233 g/mol. The molecule has 4 heteroatoms. The van der Waals surface area contributed by atoms with E-state index >= 15 is 0 Å². The van der Waals surface area contributed by atoms with Crippen LogP contribution < -0.4 is 4.90 Å². The Labute approximate surface area is 99.1 Å². The molecule has 0 unspecified atom stereocenters. The summed E-state index contributed by atoms with van der Waals surface area (Å²) in [4.78, 5) is 12.7. The van der Waals surface area contributed by atoms with E-state index in [1.165, 1.54) is 23.8 Å². The van der Waals surface area contributed by atoms with Gasteiger partial charge in [-0.25, -0.2) is 9.97 Å². The van der Waals surface area contributed by atoms with Crippen LogP contribution in [0.15, 0.2) is 5.38 Å². The topological polar surface area (TPSA) is 29.0 Å². The molecule has 2 aromatic rings. The molecular formula is C12H15N3S. The van der Waals surface area contributed by atoms with E-state index in [0.717, 1.165) is 29.6 Å². The van der Waals surface area contributed by atoms with Gasteiger partial charge in [0, 0.05) is 13.1 Å². The fraction of sp³-hybridized carbons (Fsp3) is 0.500. The summed E-state index contributed by atoms with van der Waals surface area (Å²) in [5.74, 6) is 2.04. The maximum atomic E-state index is 4.64. The van der Waals surface area contributed by atoms with Gasteiger partial charge < -0.3 is 4.90 Å². The SMILES string of the molecule is Cc1nc(N2CCCC2)c2c(C)csc2n1. The Morgan fingerprint density at radius 3 is 2.69 bits per heavy atom. The van der Waals surface area contributed by atoms with Crippen LogP contribution in [0, 0.1) is 13.8 Å². The lowest BCUT2D eigenvalue weighted by molar-refractivity contribution is 0.925. The molecule has 0 bridgehead atoms. The third-order valence-corrected chi connectivity index (χ3v) is 4.11. The van der Waals surface area contributed by atoms with E-state index in [9.17, 15) is 0 Å². The molecule has 1 aliphatic rings. The van der Waals surface area contributed by atoms with Gasteiger partial charge in [0.15, 0.2) is 0 Å². The molecule has 0 aromatic carbocycles. The Kier molecular flexibility index (Phi) is 2.32. The van der Waals surface area contributed by atoms with E-state index in [0.29, 0.717) is 0 Å². The van der Waals surface area contributed by atoms with Gasteiger partial charge in [-0.2, -0.15) is 0 Å². The molecule has 84 valence electrons. The molecule has 3 rings (SSSR count). The van der Waals surface area contributed by atoms with Crippen molar-refractivity contribution < 1.29 is 0 Å². The average Bonchev–Trinajstić information content (AvgIpc) is 2.87. The van der Waals surface area contributed by atoms with Crippen molar-refractivity contribution in [3.05, 3.63) is 16.8 Å². The van der Waals surface area contributed by atoms with Crippen molar-refractivity contribution >= 4 is 27.4 Å². The molecule has 16 heavy (non-hydrogen) atoms. The number of fused-ring (bicyclic) bond motifs is 1. The van der Waals surface area contributed by atoms with Gasteiger partial charge in [0.2, 0.25) is 0 Å². The predicted octanol–water partition coefficient (Wildman–Crippen LogP) is 2.91. The van der Waals surface area contributed by atoms with Crippen molar-refractivity contribution in [3.63, 3.8) is 0 Å². The first-order valence-electron chi connectivity index (χ1n) is 5.73. The van der Waals surface area contributed by atoms with Gasteiger partial charge in [0.25, 0.3) is 0 Å². The van der Waals surface area contributed by atoms with Gasteiger partial charge in [0.05, 0.1) is 5.39 Å². The molecule has 1 fully saturated rings. The normalized spacial score (nSPS) is 16.2. The Balaban J connectivity index is 2.23. The molecule has 3 nitrogen and oxygen atoms in total. The largest absolute Gasteiger partial charge is 0.356 e. The van der Waals surface area contributed by atoms with Crippen LogP contribution in [0.2, 0.25) is 0 Å². The van der Waals surface area contributed by atoms with Crippen molar-refractivity contribution in [1.29, 1.82) is 0 Å². The molecule has 3 heterocycles. The second-order valence-electron chi connectivity index (χ2n) is 4.39. The van der Waals surface area contributed by atoms with Crippen molar-refractivity contribution in [3.8, 4) is 0 Å². The molecule has 1 saturated heterocycles. The highest BCUT2D eigenvalue weighted by Gasteiger charge is 2.19. The third kappa shape index (κ3) is 1.48. The third-order valence-electron chi connectivity index (χ3n) is 3.12. The lowest BCUT2D eigenvalue weighted by Gasteiger charge is -2.18. The summed E-state index contributed by atoms with van der Waals surface area (Å²) in [5.41, 5.74) is 1.31. The second-order valence-corrected chi connectivity index (χ2v) is 5.25. The lowest BCUT2D eigenvalue weighted by Crippen LogP contribution is -2.19. The summed E-state index contributed by atoms with van der Waals surface area (Å²) in [7, 11) is 0. The van der Waals surface area contributed by atoms with Gasteiger partial charge in [-0.3, -0.25) is 0 Å². The van der Waals surface area contributed by atoms with Gasteiger partial charge in [-0.15, -0.1) is 11.3 Å². The van der Waals surface area contributed by atoms with Gasteiger partial charge >= 0.3 is 0 Å². The number of hydrogen-bond acceptors (Lipinski definition) is 4. The maximum absolute atomic E-state index is 4.64.